The fourth-order valence-electron chi connectivity index (χ4n) is 2.00. The average molecular weight is 274 g/mol. The van der Waals surface area contributed by atoms with Gasteiger partial charge >= 0.3 is 0 Å². The molecule has 0 aliphatic rings. The second-order valence-electron chi connectivity index (χ2n) is 5.69. The van der Waals surface area contributed by atoms with Gasteiger partial charge in [0.2, 0.25) is 0 Å². The molecule has 0 aliphatic carbocycles. The van der Waals surface area contributed by atoms with Gasteiger partial charge in [0, 0.05) is 22.4 Å². The summed E-state index contributed by atoms with van der Waals surface area (Å²) >= 11 is 1.81. The number of aromatic nitrogens is 1. The minimum atomic E-state index is 0.0916. The van der Waals surface area contributed by atoms with Crippen molar-refractivity contribution in [3.8, 4) is 10.6 Å². The Hall–Kier alpha value is -1.19. The number of nitrogens with one attached hydrogen (secondary N) is 1. The van der Waals surface area contributed by atoms with Crippen molar-refractivity contribution in [1.29, 1.82) is 0 Å². The first-order valence-electron chi connectivity index (χ1n) is 6.78. The van der Waals surface area contributed by atoms with Crippen LogP contribution in [0.2, 0.25) is 0 Å². The van der Waals surface area contributed by atoms with Gasteiger partial charge in [-0.2, -0.15) is 0 Å². The summed E-state index contributed by atoms with van der Waals surface area (Å²) in [5.41, 5.74) is 2.52. The quantitative estimate of drug-likeness (QED) is 0.903. The molecule has 2 aromatic rings. The van der Waals surface area contributed by atoms with Crippen LogP contribution in [-0.2, 0) is 12.0 Å². The first-order chi connectivity index (χ1) is 9.02. The monoisotopic (exact) mass is 274 g/mol. The Labute approximate surface area is 119 Å². The van der Waals surface area contributed by atoms with Crippen molar-refractivity contribution >= 4 is 11.3 Å². The zero-order chi connectivity index (χ0) is 13.9. The second kappa shape index (κ2) is 5.85. The number of benzene rings is 1. The van der Waals surface area contributed by atoms with Crippen LogP contribution in [0, 0.1) is 0 Å². The molecule has 1 aromatic heterocycles. The van der Waals surface area contributed by atoms with E-state index in [9.17, 15) is 0 Å². The van der Waals surface area contributed by atoms with Crippen LogP contribution < -0.4 is 5.32 Å². The van der Waals surface area contributed by atoms with Gasteiger partial charge in [-0.25, -0.2) is 4.98 Å². The predicted octanol–water partition coefficient (Wildman–Crippen LogP) is 4.22. The van der Waals surface area contributed by atoms with Crippen LogP contribution in [0.25, 0.3) is 10.6 Å². The summed E-state index contributed by atoms with van der Waals surface area (Å²) in [5, 5.41) is 4.54. The zero-order valence-corrected chi connectivity index (χ0v) is 13.0. The molecule has 1 heterocycles. The molecule has 0 radical (unpaired) electrons. The highest BCUT2D eigenvalue weighted by Crippen LogP contribution is 2.34. The van der Waals surface area contributed by atoms with Crippen molar-refractivity contribution in [2.75, 3.05) is 6.54 Å². The van der Waals surface area contributed by atoms with Gasteiger partial charge in [0.1, 0.15) is 5.01 Å². The molecule has 102 valence electrons. The third-order valence-corrected chi connectivity index (χ3v) is 4.07. The molecule has 1 aromatic carbocycles. The normalized spacial score (nSPS) is 11.8. The summed E-state index contributed by atoms with van der Waals surface area (Å²) in [6, 6.07) is 10.4. The van der Waals surface area contributed by atoms with E-state index in [0.717, 1.165) is 18.1 Å². The Balaban J connectivity index is 2.40. The van der Waals surface area contributed by atoms with Gasteiger partial charge in [-0.15, -0.1) is 11.3 Å². The molecule has 0 atom stereocenters. The lowest BCUT2D eigenvalue weighted by atomic mass is 9.91. The molecule has 0 spiro atoms. The highest BCUT2D eigenvalue weighted by Gasteiger charge is 2.23. The molecule has 0 bridgehead atoms. The number of hydrogen-bond acceptors (Lipinski definition) is 3. The molecule has 19 heavy (non-hydrogen) atoms. The Bertz CT molecular complexity index is 523. The molecule has 0 aliphatic heterocycles. The van der Waals surface area contributed by atoms with Crippen molar-refractivity contribution in [3.63, 3.8) is 0 Å². The Morgan fingerprint density at radius 3 is 2.42 bits per heavy atom. The summed E-state index contributed by atoms with van der Waals surface area (Å²) in [5.74, 6) is 0. The standard InChI is InChI=1S/C16H22N2S/c1-5-17-11-13-14(16(2,3)4)18-15(19-13)12-9-7-6-8-10-12/h6-10,17H,5,11H2,1-4H3. The van der Waals surface area contributed by atoms with Crippen LogP contribution in [0.1, 0.15) is 38.3 Å². The van der Waals surface area contributed by atoms with Crippen LogP contribution >= 0.6 is 11.3 Å². The zero-order valence-electron chi connectivity index (χ0n) is 12.2. The lowest BCUT2D eigenvalue weighted by Crippen LogP contribution is -2.18. The Morgan fingerprint density at radius 2 is 1.84 bits per heavy atom. The molecule has 0 saturated heterocycles. The van der Waals surface area contributed by atoms with Gasteiger partial charge in [0.15, 0.2) is 0 Å². The van der Waals surface area contributed by atoms with Crippen LogP contribution in [0.4, 0.5) is 0 Å². The summed E-state index contributed by atoms with van der Waals surface area (Å²) < 4.78 is 0. The SMILES string of the molecule is CCNCc1sc(-c2ccccc2)nc1C(C)(C)C. The third kappa shape index (κ3) is 3.43. The van der Waals surface area contributed by atoms with E-state index in [1.165, 1.54) is 16.1 Å². The molecule has 1 N–H and O–H groups in total. The highest BCUT2D eigenvalue weighted by atomic mass is 32.1. The lowest BCUT2D eigenvalue weighted by molar-refractivity contribution is 0.561. The smallest absolute Gasteiger partial charge is 0.123 e. The summed E-state index contributed by atoms with van der Waals surface area (Å²) in [6.07, 6.45) is 0. The largest absolute Gasteiger partial charge is 0.312 e. The first-order valence-corrected chi connectivity index (χ1v) is 7.60. The van der Waals surface area contributed by atoms with Crippen molar-refractivity contribution in [2.24, 2.45) is 0 Å². The molecular formula is C16H22N2S. The fraction of sp³-hybridized carbons (Fsp3) is 0.438. The van der Waals surface area contributed by atoms with Gasteiger partial charge in [0.05, 0.1) is 5.69 Å². The summed E-state index contributed by atoms with van der Waals surface area (Å²) in [7, 11) is 0. The molecule has 0 saturated carbocycles. The Kier molecular flexibility index (Phi) is 4.38. The predicted molar refractivity (Wildman–Crippen MR) is 83.6 cm³/mol. The second-order valence-corrected chi connectivity index (χ2v) is 6.77. The number of nitrogens with zero attached hydrogens (tertiary/aromatic N) is 1. The molecule has 2 rings (SSSR count). The van der Waals surface area contributed by atoms with E-state index in [4.69, 9.17) is 4.98 Å². The van der Waals surface area contributed by atoms with Crippen molar-refractivity contribution < 1.29 is 0 Å². The number of thiazole rings is 1. The minimum absolute atomic E-state index is 0.0916. The van der Waals surface area contributed by atoms with Crippen molar-refractivity contribution in [1.82, 2.24) is 10.3 Å². The van der Waals surface area contributed by atoms with Gasteiger partial charge in [-0.1, -0.05) is 58.0 Å². The maximum absolute atomic E-state index is 4.88. The molecule has 0 unspecified atom stereocenters. The minimum Gasteiger partial charge on any atom is -0.312 e. The lowest BCUT2D eigenvalue weighted by Gasteiger charge is -2.17. The maximum atomic E-state index is 4.88. The van der Waals surface area contributed by atoms with E-state index in [0.29, 0.717) is 0 Å². The average Bonchev–Trinajstić information content (AvgIpc) is 2.81. The van der Waals surface area contributed by atoms with E-state index in [1.807, 2.05) is 6.07 Å². The topological polar surface area (TPSA) is 24.9 Å². The Morgan fingerprint density at radius 1 is 1.16 bits per heavy atom. The van der Waals surface area contributed by atoms with Gasteiger partial charge in [0.25, 0.3) is 0 Å². The third-order valence-electron chi connectivity index (χ3n) is 2.96. The maximum Gasteiger partial charge on any atom is 0.123 e. The van der Waals surface area contributed by atoms with E-state index in [-0.39, 0.29) is 5.41 Å². The molecule has 2 nitrogen and oxygen atoms in total. The highest BCUT2D eigenvalue weighted by molar-refractivity contribution is 7.15. The molecule has 3 heteroatoms. The van der Waals surface area contributed by atoms with Crippen molar-refractivity contribution in [3.05, 3.63) is 40.9 Å². The van der Waals surface area contributed by atoms with Crippen LogP contribution in [0.15, 0.2) is 30.3 Å². The molecular weight excluding hydrogens is 252 g/mol. The van der Waals surface area contributed by atoms with Crippen LogP contribution in [0.5, 0.6) is 0 Å². The summed E-state index contributed by atoms with van der Waals surface area (Å²) in [4.78, 5) is 6.24. The van der Waals surface area contributed by atoms with Crippen LogP contribution in [-0.4, -0.2) is 11.5 Å². The van der Waals surface area contributed by atoms with Crippen LogP contribution in [0.3, 0.4) is 0 Å². The van der Waals surface area contributed by atoms with E-state index in [2.05, 4.69) is 57.3 Å². The molecule has 0 fully saturated rings. The van der Waals surface area contributed by atoms with E-state index in [1.54, 1.807) is 11.3 Å². The summed E-state index contributed by atoms with van der Waals surface area (Å²) in [6.45, 7) is 10.7. The van der Waals surface area contributed by atoms with Crippen molar-refractivity contribution in [2.45, 2.75) is 39.7 Å². The fourth-order valence-corrected chi connectivity index (χ4v) is 3.25. The first kappa shape index (κ1) is 14.2. The van der Waals surface area contributed by atoms with Gasteiger partial charge in [-0.05, 0) is 6.54 Å². The number of hydrogen-bond donors (Lipinski definition) is 1. The molecule has 0 amide bonds. The van der Waals surface area contributed by atoms with E-state index >= 15 is 0 Å². The van der Waals surface area contributed by atoms with Gasteiger partial charge in [-0.3, -0.25) is 0 Å². The van der Waals surface area contributed by atoms with E-state index < -0.39 is 0 Å². The number of rotatable bonds is 4. The van der Waals surface area contributed by atoms with Gasteiger partial charge < -0.3 is 5.32 Å².